The molecule has 0 saturated carbocycles. The summed E-state index contributed by atoms with van der Waals surface area (Å²) in [6, 6.07) is 0. The second kappa shape index (κ2) is 6.00. The van der Waals surface area contributed by atoms with Crippen molar-refractivity contribution in [2.75, 3.05) is 6.61 Å². The standard InChI is InChI=1S/C11H15N5O4.Sn/c1-15-3-14-10-6(9(15)12)13-4-16(10)11-8(19)7(18)5(2-17)20-11;/h3-5,7-8,11-12,17-19H,2H2,1H3;/t5-,7-,8-,11-;/m1./s1. The molecule has 0 aliphatic carbocycles. The van der Waals surface area contributed by atoms with Crippen molar-refractivity contribution in [2.24, 2.45) is 7.05 Å². The molecule has 2 aromatic rings. The Hall–Kier alpha value is -1.01. The molecule has 10 heteroatoms. The minimum atomic E-state index is -1.20. The van der Waals surface area contributed by atoms with E-state index >= 15 is 0 Å². The molecule has 0 amide bonds. The Labute approximate surface area is 136 Å². The van der Waals surface area contributed by atoms with E-state index in [2.05, 4.69) is 9.97 Å². The first kappa shape index (κ1) is 16.4. The van der Waals surface area contributed by atoms with Crippen molar-refractivity contribution in [3.8, 4) is 0 Å². The number of imidazole rings is 1. The Balaban J connectivity index is 0.00000161. The van der Waals surface area contributed by atoms with E-state index in [1.165, 1.54) is 21.8 Å². The molecule has 1 aliphatic heterocycles. The minimum absolute atomic E-state index is 0. The summed E-state index contributed by atoms with van der Waals surface area (Å²) >= 11 is 0. The molecular formula is C11H15N5O4Sn. The number of hydrogen-bond donors (Lipinski definition) is 4. The predicted molar refractivity (Wildman–Crippen MR) is 71.1 cm³/mol. The maximum absolute atomic E-state index is 10.00. The quantitative estimate of drug-likeness (QED) is 0.412. The van der Waals surface area contributed by atoms with Gasteiger partial charge in [0.05, 0.1) is 19.3 Å². The number of aliphatic hydroxyl groups excluding tert-OH is 3. The molecule has 112 valence electrons. The van der Waals surface area contributed by atoms with Crippen LogP contribution in [0.4, 0.5) is 0 Å². The van der Waals surface area contributed by atoms with Gasteiger partial charge in [0.25, 0.3) is 0 Å². The number of nitrogens with one attached hydrogen (secondary N) is 1. The van der Waals surface area contributed by atoms with Gasteiger partial charge in [-0.25, -0.2) is 9.97 Å². The van der Waals surface area contributed by atoms with E-state index < -0.39 is 31.1 Å². The molecule has 0 bridgehead atoms. The average molecular weight is 400 g/mol. The summed E-state index contributed by atoms with van der Waals surface area (Å²) < 4.78 is 8.39. The molecule has 0 aromatic carbocycles. The van der Waals surface area contributed by atoms with Gasteiger partial charge < -0.3 is 24.6 Å². The zero-order chi connectivity index (χ0) is 14.4. The summed E-state index contributed by atoms with van der Waals surface area (Å²) in [6.07, 6.45) is -1.28. The van der Waals surface area contributed by atoms with Gasteiger partial charge in [-0.05, 0) is 0 Å². The van der Waals surface area contributed by atoms with E-state index in [0.29, 0.717) is 11.2 Å². The van der Waals surface area contributed by atoms with Crippen LogP contribution in [0.1, 0.15) is 6.23 Å². The number of nitrogens with zero attached hydrogens (tertiary/aromatic N) is 4. The Bertz CT molecular complexity index is 701. The number of fused-ring (bicyclic) bond motifs is 1. The largest absolute Gasteiger partial charge is 0.394 e. The smallest absolute Gasteiger partial charge is 0.167 e. The molecule has 3 rings (SSSR count). The topological polar surface area (TPSA) is 129 Å². The fourth-order valence-electron chi connectivity index (χ4n) is 2.31. The molecule has 4 radical (unpaired) electrons. The Morgan fingerprint density at radius 1 is 1.29 bits per heavy atom. The van der Waals surface area contributed by atoms with Gasteiger partial charge in [-0.1, -0.05) is 0 Å². The van der Waals surface area contributed by atoms with Gasteiger partial charge in [0.15, 0.2) is 17.4 Å². The van der Waals surface area contributed by atoms with Crippen molar-refractivity contribution in [3.05, 3.63) is 18.1 Å². The molecule has 4 atom stereocenters. The number of aliphatic hydroxyl groups is 3. The second-order valence-electron chi connectivity index (χ2n) is 4.76. The molecule has 4 N–H and O–H groups in total. The Kier molecular flexibility index (Phi) is 4.68. The van der Waals surface area contributed by atoms with Crippen LogP contribution in [0.2, 0.25) is 0 Å². The fraction of sp³-hybridized carbons (Fsp3) is 0.545. The molecule has 1 saturated heterocycles. The number of hydrogen-bond acceptors (Lipinski definition) is 7. The van der Waals surface area contributed by atoms with Gasteiger partial charge in [0, 0.05) is 31.0 Å². The third kappa shape index (κ3) is 2.48. The van der Waals surface area contributed by atoms with Crippen molar-refractivity contribution < 1.29 is 20.1 Å². The molecular weight excluding hydrogens is 385 g/mol. The SMILES string of the molecule is Cn1cnc2c(ncn2[C@@H]2O[C@H](CO)[C@@H](O)[C@H]2O)c1=N.[Sn]. The van der Waals surface area contributed by atoms with Crippen molar-refractivity contribution >= 4 is 35.1 Å². The first-order chi connectivity index (χ1) is 9.54. The summed E-state index contributed by atoms with van der Waals surface area (Å²) in [5, 5.41) is 36.8. The van der Waals surface area contributed by atoms with Gasteiger partial charge >= 0.3 is 0 Å². The maximum atomic E-state index is 10.00. The Morgan fingerprint density at radius 3 is 2.62 bits per heavy atom. The monoisotopic (exact) mass is 401 g/mol. The van der Waals surface area contributed by atoms with Crippen LogP contribution < -0.4 is 5.49 Å². The Morgan fingerprint density at radius 2 is 2.00 bits per heavy atom. The first-order valence-corrected chi connectivity index (χ1v) is 6.09. The number of rotatable bonds is 2. The van der Waals surface area contributed by atoms with E-state index in [1.54, 1.807) is 7.05 Å². The van der Waals surface area contributed by atoms with Crippen molar-refractivity contribution in [1.29, 1.82) is 5.41 Å². The predicted octanol–water partition coefficient (Wildman–Crippen LogP) is -2.52. The maximum Gasteiger partial charge on any atom is 0.167 e. The van der Waals surface area contributed by atoms with Gasteiger partial charge in [0.1, 0.15) is 23.8 Å². The van der Waals surface area contributed by atoms with Crippen LogP contribution in [0.15, 0.2) is 12.7 Å². The first-order valence-electron chi connectivity index (χ1n) is 6.09. The summed E-state index contributed by atoms with van der Waals surface area (Å²) in [6.45, 7) is -0.395. The molecule has 3 heterocycles. The van der Waals surface area contributed by atoms with E-state index in [9.17, 15) is 10.2 Å². The number of ether oxygens (including phenoxy) is 1. The summed E-state index contributed by atoms with van der Waals surface area (Å²) in [5.41, 5.74) is 0.927. The van der Waals surface area contributed by atoms with Crippen molar-refractivity contribution in [2.45, 2.75) is 24.5 Å². The number of aromatic nitrogens is 4. The van der Waals surface area contributed by atoms with Crippen LogP contribution in [0.25, 0.3) is 11.2 Å². The zero-order valence-corrected chi connectivity index (χ0v) is 14.1. The third-order valence-electron chi connectivity index (χ3n) is 3.49. The van der Waals surface area contributed by atoms with E-state index in [4.69, 9.17) is 15.3 Å². The normalized spacial score (nSPS) is 28.8. The molecule has 0 unspecified atom stereocenters. The van der Waals surface area contributed by atoms with Crippen molar-refractivity contribution in [3.63, 3.8) is 0 Å². The fourth-order valence-corrected chi connectivity index (χ4v) is 2.31. The third-order valence-corrected chi connectivity index (χ3v) is 3.49. The van der Waals surface area contributed by atoms with Crippen LogP contribution in [0.3, 0.4) is 0 Å². The number of aryl methyl sites for hydroxylation is 1. The van der Waals surface area contributed by atoms with Gasteiger partial charge in [0.2, 0.25) is 0 Å². The molecule has 9 nitrogen and oxygen atoms in total. The summed E-state index contributed by atoms with van der Waals surface area (Å²) in [5.74, 6) is 0. The molecule has 1 aliphatic rings. The average Bonchev–Trinajstić information content (AvgIpc) is 2.98. The molecule has 0 spiro atoms. The van der Waals surface area contributed by atoms with Crippen LogP contribution in [0.5, 0.6) is 0 Å². The molecule has 21 heavy (non-hydrogen) atoms. The summed E-state index contributed by atoms with van der Waals surface area (Å²) in [4.78, 5) is 8.26. The molecule has 2 aromatic heterocycles. The van der Waals surface area contributed by atoms with Gasteiger partial charge in [-0.2, -0.15) is 0 Å². The van der Waals surface area contributed by atoms with E-state index in [0.717, 1.165) is 0 Å². The van der Waals surface area contributed by atoms with Crippen LogP contribution >= 0.6 is 0 Å². The molecule has 1 fully saturated rings. The van der Waals surface area contributed by atoms with E-state index in [-0.39, 0.29) is 29.4 Å². The van der Waals surface area contributed by atoms with Gasteiger partial charge in [-0.3, -0.25) is 9.98 Å². The minimum Gasteiger partial charge on any atom is -0.394 e. The summed E-state index contributed by atoms with van der Waals surface area (Å²) in [7, 11) is 1.68. The van der Waals surface area contributed by atoms with E-state index in [1.807, 2.05) is 0 Å². The van der Waals surface area contributed by atoms with Gasteiger partial charge in [-0.15, -0.1) is 0 Å². The van der Waals surface area contributed by atoms with Crippen LogP contribution in [-0.4, -0.2) is 83.2 Å². The second-order valence-corrected chi connectivity index (χ2v) is 4.76. The zero-order valence-electron chi connectivity index (χ0n) is 11.2. The van der Waals surface area contributed by atoms with Crippen molar-refractivity contribution in [1.82, 2.24) is 19.1 Å². The van der Waals surface area contributed by atoms with Crippen LogP contribution in [0, 0.1) is 5.41 Å². The van der Waals surface area contributed by atoms with Crippen LogP contribution in [-0.2, 0) is 11.8 Å².